The number of likely N-dealkylation sites (tertiary alicyclic amines) is 1. The highest BCUT2D eigenvalue weighted by molar-refractivity contribution is 6.31. The maximum atomic E-state index is 15.1. The predicted molar refractivity (Wildman–Crippen MR) is 126 cm³/mol. The Morgan fingerprint density at radius 2 is 2.03 bits per heavy atom. The van der Waals surface area contributed by atoms with Gasteiger partial charge in [-0.15, -0.1) is 0 Å². The lowest BCUT2D eigenvalue weighted by molar-refractivity contribution is -0.151. The summed E-state index contributed by atoms with van der Waals surface area (Å²) in [5.74, 6) is -5.84. The number of rotatable bonds is 9. The number of hydrogen-bond donors (Lipinski definition) is 2. The first-order chi connectivity index (χ1) is 16.8. The zero-order valence-electron chi connectivity index (χ0n) is 18.9. The Kier molecular flexibility index (Phi) is 6.65. The highest BCUT2D eigenvalue weighted by atomic mass is 35.5. The SMILES string of the molecule is O=C(NC(CN1CCCC1)C(O)c1ccc(OC2CC2)nc1)C(F)(F)c1cc2cc(Cl)ccc2o1. The highest BCUT2D eigenvalue weighted by Gasteiger charge is 2.46. The van der Waals surface area contributed by atoms with Crippen LogP contribution in [0.1, 0.15) is 43.1 Å². The summed E-state index contributed by atoms with van der Waals surface area (Å²) in [7, 11) is 0. The van der Waals surface area contributed by atoms with Gasteiger partial charge in [0, 0.05) is 34.8 Å². The molecule has 2 fully saturated rings. The van der Waals surface area contributed by atoms with E-state index >= 15 is 8.78 Å². The lowest BCUT2D eigenvalue weighted by Gasteiger charge is -2.29. The molecule has 1 aliphatic heterocycles. The molecular formula is C25H26ClF2N3O4. The van der Waals surface area contributed by atoms with Gasteiger partial charge in [-0.05, 0) is 69.1 Å². The lowest BCUT2D eigenvalue weighted by Crippen LogP contribution is -2.50. The van der Waals surface area contributed by atoms with Gasteiger partial charge in [0.1, 0.15) is 17.8 Å². The second-order valence-corrected chi connectivity index (χ2v) is 9.58. The van der Waals surface area contributed by atoms with Gasteiger partial charge in [0.05, 0.1) is 6.04 Å². The average molecular weight is 506 g/mol. The largest absolute Gasteiger partial charge is 0.474 e. The number of aliphatic hydroxyl groups excluding tert-OH is 1. The molecule has 1 aromatic carbocycles. The quantitative estimate of drug-likeness (QED) is 0.447. The number of amides is 1. The van der Waals surface area contributed by atoms with Gasteiger partial charge >= 0.3 is 5.92 Å². The Morgan fingerprint density at radius 3 is 2.71 bits per heavy atom. The number of hydrogen-bond acceptors (Lipinski definition) is 6. The summed E-state index contributed by atoms with van der Waals surface area (Å²) in [5, 5.41) is 14.2. The monoisotopic (exact) mass is 505 g/mol. The van der Waals surface area contributed by atoms with Crippen LogP contribution in [0.5, 0.6) is 5.88 Å². The summed E-state index contributed by atoms with van der Waals surface area (Å²) in [5.41, 5.74) is 0.601. The summed E-state index contributed by atoms with van der Waals surface area (Å²) in [4.78, 5) is 19.1. The van der Waals surface area contributed by atoms with Crippen LogP contribution in [0.2, 0.25) is 5.02 Å². The number of ether oxygens (including phenoxy) is 1. The second-order valence-electron chi connectivity index (χ2n) is 9.15. The number of furan rings is 1. The van der Waals surface area contributed by atoms with Crippen LogP contribution >= 0.6 is 11.6 Å². The van der Waals surface area contributed by atoms with Gasteiger partial charge < -0.3 is 24.5 Å². The number of nitrogens with one attached hydrogen (secondary N) is 1. The predicted octanol–water partition coefficient (Wildman–Crippen LogP) is 4.43. The number of aromatic nitrogens is 1. The third-order valence-corrected chi connectivity index (χ3v) is 6.57. The van der Waals surface area contributed by atoms with E-state index in [0.717, 1.165) is 44.8 Å². The zero-order valence-corrected chi connectivity index (χ0v) is 19.7. The van der Waals surface area contributed by atoms with Crippen molar-refractivity contribution in [3.05, 3.63) is 58.9 Å². The van der Waals surface area contributed by atoms with Crippen molar-refractivity contribution in [3.8, 4) is 5.88 Å². The molecule has 0 bridgehead atoms. The van der Waals surface area contributed by atoms with Gasteiger partial charge in [0.2, 0.25) is 5.88 Å². The summed E-state index contributed by atoms with van der Waals surface area (Å²) in [6.07, 6.45) is 4.31. The Balaban J connectivity index is 1.34. The van der Waals surface area contributed by atoms with Crippen molar-refractivity contribution in [1.29, 1.82) is 0 Å². The average Bonchev–Trinajstić information content (AvgIpc) is 3.31. The molecule has 186 valence electrons. The minimum absolute atomic E-state index is 0.178. The molecule has 2 aliphatic rings. The van der Waals surface area contributed by atoms with Crippen molar-refractivity contribution in [1.82, 2.24) is 15.2 Å². The van der Waals surface area contributed by atoms with Gasteiger partial charge in [0.25, 0.3) is 5.91 Å². The van der Waals surface area contributed by atoms with Crippen molar-refractivity contribution in [2.24, 2.45) is 0 Å². The van der Waals surface area contributed by atoms with Gasteiger partial charge in [0.15, 0.2) is 5.76 Å². The number of halogens is 3. The van der Waals surface area contributed by atoms with Crippen LogP contribution < -0.4 is 10.1 Å². The number of benzene rings is 1. The van der Waals surface area contributed by atoms with Gasteiger partial charge in [-0.2, -0.15) is 8.78 Å². The van der Waals surface area contributed by atoms with E-state index in [4.69, 9.17) is 20.8 Å². The standard InChI is InChI=1S/C25H26ClF2N3O4/c26-17-4-7-20-16(11-17)12-21(35-20)25(27,28)24(33)30-19(14-31-9-1-2-10-31)23(32)15-3-8-22(29-13-15)34-18-5-6-18/h3-4,7-8,11-13,18-19,23,32H,1-2,5-6,9-10,14H2,(H,30,33). The van der Waals surface area contributed by atoms with Crippen LogP contribution in [0, 0.1) is 0 Å². The van der Waals surface area contributed by atoms with E-state index < -0.39 is 29.7 Å². The van der Waals surface area contributed by atoms with Gasteiger partial charge in [-0.3, -0.25) is 4.79 Å². The number of carbonyl (C=O) groups is 1. The second kappa shape index (κ2) is 9.72. The van der Waals surface area contributed by atoms with Crippen molar-refractivity contribution < 1.29 is 27.8 Å². The molecule has 3 heterocycles. The first-order valence-corrected chi connectivity index (χ1v) is 12.1. The topological polar surface area (TPSA) is 87.8 Å². The number of nitrogens with zero attached hydrogens (tertiary/aromatic N) is 2. The molecular weight excluding hydrogens is 480 g/mol. The normalized spacial score (nSPS) is 18.5. The maximum Gasteiger partial charge on any atom is 0.380 e. The van der Waals surface area contributed by atoms with Crippen LogP contribution in [0.4, 0.5) is 8.78 Å². The van der Waals surface area contributed by atoms with E-state index in [1.165, 1.54) is 24.4 Å². The highest BCUT2D eigenvalue weighted by Crippen LogP contribution is 2.35. The number of carbonyl (C=O) groups excluding carboxylic acids is 1. The van der Waals surface area contributed by atoms with Gasteiger partial charge in [-0.25, -0.2) is 4.98 Å². The molecule has 2 aromatic heterocycles. The van der Waals surface area contributed by atoms with Crippen molar-refractivity contribution >= 4 is 28.5 Å². The lowest BCUT2D eigenvalue weighted by atomic mass is 10.0. The van der Waals surface area contributed by atoms with E-state index in [0.29, 0.717) is 21.9 Å². The molecule has 1 amide bonds. The molecule has 10 heteroatoms. The van der Waals surface area contributed by atoms with Gasteiger partial charge in [-0.1, -0.05) is 11.6 Å². The molecule has 2 unspecified atom stereocenters. The van der Waals surface area contributed by atoms with E-state index in [1.54, 1.807) is 12.1 Å². The molecule has 1 saturated heterocycles. The van der Waals surface area contributed by atoms with E-state index in [-0.39, 0.29) is 18.2 Å². The van der Waals surface area contributed by atoms with Crippen LogP contribution in [-0.4, -0.2) is 52.7 Å². The molecule has 7 nitrogen and oxygen atoms in total. The molecule has 35 heavy (non-hydrogen) atoms. The summed E-state index contributed by atoms with van der Waals surface area (Å²) < 4.78 is 41.2. The number of pyridine rings is 1. The maximum absolute atomic E-state index is 15.1. The number of fused-ring (bicyclic) bond motifs is 1. The van der Waals surface area contributed by atoms with Crippen LogP contribution in [-0.2, 0) is 10.7 Å². The minimum Gasteiger partial charge on any atom is -0.474 e. The zero-order chi connectivity index (χ0) is 24.6. The van der Waals surface area contributed by atoms with Crippen molar-refractivity contribution in [2.45, 2.75) is 49.9 Å². The molecule has 5 rings (SSSR count). The fourth-order valence-corrected chi connectivity index (χ4v) is 4.41. The third kappa shape index (κ3) is 5.42. The summed E-state index contributed by atoms with van der Waals surface area (Å²) in [6, 6.07) is 7.88. The molecule has 2 atom stereocenters. The molecule has 2 N–H and O–H groups in total. The van der Waals surface area contributed by atoms with E-state index in [2.05, 4.69) is 10.3 Å². The molecule has 0 radical (unpaired) electrons. The molecule has 1 aliphatic carbocycles. The molecule has 3 aromatic rings. The van der Waals surface area contributed by atoms with Crippen LogP contribution in [0.15, 0.2) is 47.0 Å². The van der Waals surface area contributed by atoms with Crippen molar-refractivity contribution in [3.63, 3.8) is 0 Å². The Bertz CT molecular complexity index is 1190. The summed E-state index contributed by atoms with van der Waals surface area (Å²) >= 11 is 5.93. The fourth-order valence-electron chi connectivity index (χ4n) is 4.23. The van der Waals surface area contributed by atoms with E-state index in [9.17, 15) is 9.90 Å². The number of aliphatic hydroxyl groups is 1. The molecule has 1 saturated carbocycles. The van der Waals surface area contributed by atoms with Crippen LogP contribution in [0.3, 0.4) is 0 Å². The Morgan fingerprint density at radius 1 is 1.26 bits per heavy atom. The third-order valence-electron chi connectivity index (χ3n) is 6.34. The first kappa shape index (κ1) is 24.0. The van der Waals surface area contributed by atoms with E-state index in [1.807, 2.05) is 4.90 Å². The summed E-state index contributed by atoms with van der Waals surface area (Å²) in [6.45, 7) is 1.76. The first-order valence-electron chi connectivity index (χ1n) is 11.7. The van der Waals surface area contributed by atoms with Crippen molar-refractivity contribution in [2.75, 3.05) is 19.6 Å². The minimum atomic E-state index is -3.95. The van der Waals surface area contributed by atoms with Crippen LogP contribution in [0.25, 0.3) is 11.0 Å². The Labute approximate surface area is 206 Å². The number of alkyl halides is 2. The molecule has 0 spiro atoms. The smallest absolute Gasteiger partial charge is 0.380 e. The fraction of sp³-hybridized carbons (Fsp3) is 0.440. The Hall–Kier alpha value is -2.75.